The number of nitrogens with one attached hydrogen (secondary N) is 1. The maximum absolute atomic E-state index is 4.34. The minimum atomic E-state index is 0.415. The highest BCUT2D eigenvalue weighted by molar-refractivity contribution is 5.59. The molecular formula is C12H22N4. The van der Waals surface area contributed by atoms with E-state index in [9.17, 15) is 0 Å². The molecule has 0 fully saturated rings. The van der Waals surface area contributed by atoms with Crippen LogP contribution in [0.15, 0.2) is 6.33 Å². The molecule has 0 saturated carbocycles. The van der Waals surface area contributed by atoms with Crippen LogP contribution < -0.4 is 10.2 Å². The maximum atomic E-state index is 4.34. The SMILES string of the molecule is CCCNc1ncnc(N(C)C)c1C(C)C. The van der Waals surface area contributed by atoms with E-state index >= 15 is 0 Å². The summed E-state index contributed by atoms with van der Waals surface area (Å²) < 4.78 is 0. The van der Waals surface area contributed by atoms with Crippen molar-refractivity contribution in [1.82, 2.24) is 9.97 Å². The van der Waals surface area contributed by atoms with Crippen molar-refractivity contribution in [3.05, 3.63) is 11.9 Å². The molecule has 16 heavy (non-hydrogen) atoms. The standard InChI is InChI=1S/C12H22N4/c1-6-7-13-11-10(9(2)3)12(16(4)5)15-8-14-11/h8-9H,6-7H2,1-5H3,(H,13,14,15). The fraction of sp³-hybridized carbons (Fsp3) is 0.667. The van der Waals surface area contributed by atoms with Crippen molar-refractivity contribution in [3.8, 4) is 0 Å². The van der Waals surface area contributed by atoms with Crippen LogP contribution in [0.1, 0.15) is 38.7 Å². The highest BCUT2D eigenvalue weighted by atomic mass is 15.2. The van der Waals surface area contributed by atoms with Crippen LogP contribution in [0.25, 0.3) is 0 Å². The molecule has 4 nitrogen and oxygen atoms in total. The Labute approximate surface area is 98.1 Å². The van der Waals surface area contributed by atoms with Crippen molar-refractivity contribution in [1.29, 1.82) is 0 Å². The molecule has 0 aliphatic carbocycles. The summed E-state index contributed by atoms with van der Waals surface area (Å²) in [6, 6.07) is 0. The Morgan fingerprint density at radius 1 is 1.31 bits per heavy atom. The van der Waals surface area contributed by atoms with Gasteiger partial charge in [0.15, 0.2) is 0 Å². The molecular weight excluding hydrogens is 200 g/mol. The second kappa shape index (κ2) is 5.68. The van der Waals surface area contributed by atoms with Gasteiger partial charge in [-0.2, -0.15) is 0 Å². The van der Waals surface area contributed by atoms with Crippen LogP contribution >= 0.6 is 0 Å². The summed E-state index contributed by atoms with van der Waals surface area (Å²) in [5, 5.41) is 3.36. The molecule has 1 aromatic rings. The summed E-state index contributed by atoms with van der Waals surface area (Å²) in [7, 11) is 4.02. The summed E-state index contributed by atoms with van der Waals surface area (Å²) in [6.07, 6.45) is 2.72. The van der Waals surface area contributed by atoms with Gasteiger partial charge in [0.1, 0.15) is 18.0 Å². The first-order valence-electron chi connectivity index (χ1n) is 5.84. The summed E-state index contributed by atoms with van der Waals surface area (Å²) in [5.74, 6) is 2.39. The number of hydrogen-bond donors (Lipinski definition) is 1. The summed E-state index contributed by atoms with van der Waals surface area (Å²) in [4.78, 5) is 10.7. The van der Waals surface area contributed by atoms with Gasteiger partial charge in [-0.25, -0.2) is 9.97 Å². The first-order valence-corrected chi connectivity index (χ1v) is 5.84. The third-order valence-electron chi connectivity index (χ3n) is 2.41. The highest BCUT2D eigenvalue weighted by Crippen LogP contribution is 2.29. The van der Waals surface area contributed by atoms with E-state index in [-0.39, 0.29) is 0 Å². The topological polar surface area (TPSA) is 41.1 Å². The van der Waals surface area contributed by atoms with Crippen molar-refractivity contribution < 1.29 is 0 Å². The monoisotopic (exact) mass is 222 g/mol. The molecule has 0 aromatic carbocycles. The van der Waals surface area contributed by atoms with E-state index in [0.717, 1.165) is 24.6 Å². The van der Waals surface area contributed by atoms with Gasteiger partial charge in [-0.1, -0.05) is 20.8 Å². The van der Waals surface area contributed by atoms with Crippen LogP contribution in [0.3, 0.4) is 0 Å². The van der Waals surface area contributed by atoms with Gasteiger partial charge in [0, 0.05) is 26.2 Å². The zero-order valence-electron chi connectivity index (χ0n) is 10.9. The van der Waals surface area contributed by atoms with Crippen molar-refractivity contribution in [2.45, 2.75) is 33.1 Å². The molecule has 0 aliphatic heterocycles. The van der Waals surface area contributed by atoms with Gasteiger partial charge in [0.2, 0.25) is 0 Å². The maximum Gasteiger partial charge on any atom is 0.137 e. The van der Waals surface area contributed by atoms with Gasteiger partial charge >= 0.3 is 0 Å². The first-order chi connectivity index (χ1) is 7.57. The van der Waals surface area contributed by atoms with Crippen molar-refractivity contribution in [2.24, 2.45) is 0 Å². The first kappa shape index (κ1) is 12.7. The van der Waals surface area contributed by atoms with Gasteiger partial charge in [0.05, 0.1) is 0 Å². The van der Waals surface area contributed by atoms with E-state index in [2.05, 4.69) is 36.1 Å². The van der Waals surface area contributed by atoms with Crippen LogP contribution in [0.2, 0.25) is 0 Å². The number of aromatic nitrogens is 2. The fourth-order valence-electron chi connectivity index (χ4n) is 1.66. The van der Waals surface area contributed by atoms with E-state index in [1.54, 1.807) is 6.33 Å². The van der Waals surface area contributed by atoms with Gasteiger partial charge in [0.25, 0.3) is 0 Å². The van der Waals surface area contributed by atoms with Crippen molar-refractivity contribution in [3.63, 3.8) is 0 Å². The lowest BCUT2D eigenvalue weighted by Gasteiger charge is -2.21. The lowest BCUT2D eigenvalue weighted by molar-refractivity contribution is 0.829. The predicted octanol–water partition coefficient (Wildman–Crippen LogP) is 2.49. The van der Waals surface area contributed by atoms with Crippen molar-refractivity contribution >= 4 is 11.6 Å². The highest BCUT2D eigenvalue weighted by Gasteiger charge is 2.15. The number of rotatable bonds is 5. The molecule has 0 spiro atoms. The molecule has 0 aliphatic rings. The average Bonchev–Trinajstić information content (AvgIpc) is 2.25. The Morgan fingerprint density at radius 2 is 2.00 bits per heavy atom. The molecule has 0 radical (unpaired) electrons. The lowest BCUT2D eigenvalue weighted by atomic mass is 10.0. The largest absolute Gasteiger partial charge is 0.370 e. The Morgan fingerprint density at radius 3 is 2.50 bits per heavy atom. The molecule has 1 N–H and O–H groups in total. The zero-order chi connectivity index (χ0) is 12.1. The number of nitrogens with zero attached hydrogens (tertiary/aromatic N) is 3. The van der Waals surface area contributed by atoms with Gasteiger partial charge in [-0.15, -0.1) is 0 Å². The predicted molar refractivity (Wildman–Crippen MR) is 69.2 cm³/mol. The van der Waals surface area contributed by atoms with Gasteiger partial charge < -0.3 is 10.2 Å². The number of hydrogen-bond acceptors (Lipinski definition) is 4. The summed E-state index contributed by atoms with van der Waals surface area (Å²) in [6.45, 7) is 7.44. The Kier molecular flexibility index (Phi) is 4.52. The van der Waals surface area contributed by atoms with E-state index in [0.29, 0.717) is 5.92 Å². The third kappa shape index (κ3) is 2.84. The second-order valence-corrected chi connectivity index (χ2v) is 4.44. The van der Waals surface area contributed by atoms with E-state index in [1.165, 1.54) is 5.56 Å². The molecule has 1 rings (SSSR count). The van der Waals surface area contributed by atoms with Crippen LogP contribution in [0.4, 0.5) is 11.6 Å². The number of anilines is 2. The minimum Gasteiger partial charge on any atom is -0.370 e. The minimum absolute atomic E-state index is 0.415. The Balaban J connectivity index is 3.11. The molecule has 0 atom stereocenters. The lowest BCUT2D eigenvalue weighted by Crippen LogP contribution is -2.17. The van der Waals surface area contributed by atoms with Gasteiger partial charge in [-0.05, 0) is 12.3 Å². The molecule has 0 amide bonds. The summed E-state index contributed by atoms with van der Waals surface area (Å²) in [5.41, 5.74) is 1.20. The quantitative estimate of drug-likeness (QED) is 0.831. The molecule has 0 saturated heterocycles. The van der Waals surface area contributed by atoms with Crippen LogP contribution in [0.5, 0.6) is 0 Å². The normalized spacial score (nSPS) is 10.6. The zero-order valence-corrected chi connectivity index (χ0v) is 10.9. The molecule has 1 heterocycles. The van der Waals surface area contributed by atoms with Gasteiger partial charge in [-0.3, -0.25) is 0 Å². The Hall–Kier alpha value is -1.32. The van der Waals surface area contributed by atoms with Crippen LogP contribution in [0, 0.1) is 0 Å². The van der Waals surface area contributed by atoms with Crippen LogP contribution in [-0.4, -0.2) is 30.6 Å². The molecule has 0 bridgehead atoms. The van der Waals surface area contributed by atoms with Crippen LogP contribution in [-0.2, 0) is 0 Å². The molecule has 1 aromatic heterocycles. The molecule has 90 valence electrons. The molecule has 4 heteroatoms. The second-order valence-electron chi connectivity index (χ2n) is 4.44. The average molecular weight is 222 g/mol. The van der Waals surface area contributed by atoms with E-state index in [4.69, 9.17) is 0 Å². The summed E-state index contributed by atoms with van der Waals surface area (Å²) >= 11 is 0. The fourth-order valence-corrected chi connectivity index (χ4v) is 1.66. The third-order valence-corrected chi connectivity index (χ3v) is 2.41. The molecule has 0 unspecified atom stereocenters. The van der Waals surface area contributed by atoms with E-state index < -0.39 is 0 Å². The van der Waals surface area contributed by atoms with E-state index in [1.807, 2.05) is 19.0 Å². The smallest absolute Gasteiger partial charge is 0.137 e. The Bertz CT molecular complexity index is 334. The van der Waals surface area contributed by atoms with Crippen molar-refractivity contribution in [2.75, 3.05) is 30.9 Å².